The first kappa shape index (κ1) is 18.5. The fraction of sp³-hybridized carbons (Fsp3) is 0.524. The lowest BCUT2D eigenvalue weighted by Gasteiger charge is -2.37. The van der Waals surface area contributed by atoms with Crippen LogP contribution < -0.4 is 15.1 Å². The summed E-state index contributed by atoms with van der Waals surface area (Å²) in [6, 6.07) is 8.65. The maximum absolute atomic E-state index is 4.49. The first-order valence-corrected chi connectivity index (χ1v) is 9.66. The highest BCUT2D eigenvalue weighted by Crippen LogP contribution is 2.25. The third-order valence-corrected chi connectivity index (χ3v) is 5.20. The van der Waals surface area contributed by atoms with Crippen LogP contribution in [0.25, 0.3) is 0 Å². The molecule has 0 spiro atoms. The van der Waals surface area contributed by atoms with E-state index in [0.29, 0.717) is 5.92 Å². The summed E-state index contributed by atoms with van der Waals surface area (Å²) in [5.41, 5.74) is 4.11. The Bertz CT molecular complexity index is 720. The number of nitrogens with one attached hydrogen (secondary N) is 1. The maximum Gasteiger partial charge on any atom is 0.134 e. The largest absolute Gasteiger partial charge is 0.370 e. The molecule has 1 saturated heterocycles. The molecule has 0 amide bonds. The molecule has 0 bridgehead atoms. The molecular formula is C21H31N5. The lowest BCUT2D eigenvalue weighted by molar-refractivity contribution is 0.606. The molecule has 1 aliphatic heterocycles. The monoisotopic (exact) mass is 353 g/mol. The highest BCUT2D eigenvalue weighted by molar-refractivity contribution is 5.57. The Hall–Kier alpha value is -2.30. The summed E-state index contributed by atoms with van der Waals surface area (Å²) in [5.74, 6) is 2.64. The number of rotatable bonds is 6. The van der Waals surface area contributed by atoms with Crippen molar-refractivity contribution in [1.82, 2.24) is 9.97 Å². The number of piperazine rings is 1. The Morgan fingerprint density at radius 1 is 1.04 bits per heavy atom. The van der Waals surface area contributed by atoms with Crippen molar-refractivity contribution in [3.05, 3.63) is 41.7 Å². The normalized spacial score (nSPS) is 14.8. The van der Waals surface area contributed by atoms with Gasteiger partial charge < -0.3 is 15.1 Å². The number of nitrogens with zero attached hydrogens (tertiary/aromatic N) is 4. The zero-order chi connectivity index (χ0) is 18.5. The number of aryl methyl sites for hydroxylation is 1. The average Bonchev–Trinajstić information content (AvgIpc) is 2.64. The smallest absolute Gasteiger partial charge is 0.134 e. The van der Waals surface area contributed by atoms with Gasteiger partial charge in [-0.1, -0.05) is 26.0 Å². The van der Waals surface area contributed by atoms with Gasteiger partial charge in [-0.3, -0.25) is 0 Å². The summed E-state index contributed by atoms with van der Waals surface area (Å²) in [7, 11) is 0. The molecule has 0 unspecified atom stereocenters. The molecule has 5 heteroatoms. The molecule has 1 aromatic heterocycles. The molecule has 2 heterocycles. The highest BCUT2D eigenvalue weighted by atomic mass is 15.3. The summed E-state index contributed by atoms with van der Waals surface area (Å²) in [5, 5.41) is 3.42. The van der Waals surface area contributed by atoms with E-state index in [-0.39, 0.29) is 0 Å². The molecule has 1 N–H and O–H groups in total. The van der Waals surface area contributed by atoms with Crippen molar-refractivity contribution < 1.29 is 0 Å². The number of aromatic nitrogens is 2. The van der Waals surface area contributed by atoms with Crippen molar-refractivity contribution >= 4 is 17.3 Å². The van der Waals surface area contributed by atoms with Crippen molar-refractivity contribution in [2.24, 2.45) is 5.92 Å². The van der Waals surface area contributed by atoms with Crippen molar-refractivity contribution in [1.29, 1.82) is 0 Å². The molecule has 26 heavy (non-hydrogen) atoms. The van der Waals surface area contributed by atoms with Crippen LogP contribution in [0.1, 0.15) is 31.4 Å². The molecule has 0 atom stereocenters. The predicted octanol–water partition coefficient (Wildman–Crippen LogP) is 3.88. The van der Waals surface area contributed by atoms with E-state index in [1.54, 1.807) is 6.33 Å². The van der Waals surface area contributed by atoms with Crippen LogP contribution >= 0.6 is 0 Å². The van der Waals surface area contributed by atoms with E-state index in [9.17, 15) is 0 Å². The van der Waals surface area contributed by atoms with Gasteiger partial charge in [0.05, 0.1) is 0 Å². The van der Waals surface area contributed by atoms with Gasteiger partial charge in [-0.25, -0.2) is 9.97 Å². The first-order valence-electron chi connectivity index (χ1n) is 9.66. The SMILES string of the molecule is Cc1cccc(N2CCN(c3cc(NCCC(C)C)ncn3)CC2)c1C. The minimum Gasteiger partial charge on any atom is -0.370 e. The molecule has 2 aromatic rings. The Labute approximate surface area is 157 Å². The Morgan fingerprint density at radius 2 is 1.77 bits per heavy atom. The Kier molecular flexibility index (Phi) is 5.96. The van der Waals surface area contributed by atoms with Gasteiger partial charge in [0.15, 0.2) is 0 Å². The topological polar surface area (TPSA) is 44.3 Å². The molecule has 0 radical (unpaired) electrons. The summed E-state index contributed by atoms with van der Waals surface area (Å²) in [6.07, 6.45) is 2.82. The van der Waals surface area contributed by atoms with Crippen molar-refractivity contribution in [3.8, 4) is 0 Å². The molecule has 0 aliphatic carbocycles. The first-order chi connectivity index (χ1) is 12.5. The van der Waals surface area contributed by atoms with Gasteiger partial charge in [-0.15, -0.1) is 0 Å². The maximum atomic E-state index is 4.49. The van der Waals surface area contributed by atoms with E-state index < -0.39 is 0 Å². The minimum atomic E-state index is 0.696. The van der Waals surface area contributed by atoms with Gasteiger partial charge in [0.25, 0.3) is 0 Å². The van der Waals surface area contributed by atoms with E-state index in [4.69, 9.17) is 0 Å². The van der Waals surface area contributed by atoms with Crippen molar-refractivity contribution in [2.45, 2.75) is 34.1 Å². The van der Waals surface area contributed by atoms with Gasteiger partial charge in [0.1, 0.15) is 18.0 Å². The zero-order valence-electron chi connectivity index (χ0n) is 16.5. The predicted molar refractivity (Wildman–Crippen MR) is 110 cm³/mol. The lowest BCUT2D eigenvalue weighted by atomic mass is 10.1. The van der Waals surface area contributed by atoms with Gasteiger partial charge in [-0.2, -0.15) is 0 Å². The van der Waals surface area contributed by atoms with E-state index in [0.717, 1.165) is 50.8 Å². The molecule has 1 aromatic carbocycles. The molecule has 5 nitrogen and oxygen atoms in total. The number of benzene rings is 1. The third kappa shape index (κ3) is 4.45. The van der Waals surface area contributed by atoms with Crippen molar-refractivity contribution in [3.63, 3.8) is 0 Å². The molecule has 140 valence electrons. The van der Waals surface area contributed by atoms with Gasteiger partial charge in [-0.05, 0) is 43.4 Å². The fourth-order valence-corrected chi connectivity index (χ4v) is 3.36. The lowest BCUT2D eigenvalue weighted by Crippen LogP contribution is -2.47. The van der Waals surface area contributed by atoms with Crippen LogP contribution in [0.5, 0.6) is 0 Å². The Balaban J connectivity index is 1.60. The molecular weight excluding hydrogens is 322 g/mol. The van der Waals surface area contributed by atoms with Crippen LogP contribution in [0.15, 0.2) is 30.6 Å². The van der Waals surface area contributed by atoms with Gasteiger partial charge in [0.2, 0.25) is 0 Å². The number of hydrogen-bond acceptors (Lipinski definition) is 5. The standard InChI is InChI=1S/C21H31N5/c1-16(2)8-9-22-20-14-21(24-15-23-20)26-12-10-25(11-13-26)19-7-5-6-17(3)18(19)4/h5-7,14-16H,8-13H2,1-4H3,(H,22,23,24). The average molecular weight is 354 g/mol. The van der Waals surface area contributed by atoms with Crippen LogP contribution in [0, 0.1) is 19.8 Å². The second-order valence-corrected chi connectivity index (χ2v) is 7.56. The van der Waals surface area contributed by atoms with Crippen LogP contribution in [0.2, 0.25) is 0 Å². The molecule has 1 fully saturated rings. The molecule has 0 saturated carbocycles. The minimum absolute atomic E-state index is 0.696. The van der Waals surface area contributed by atoms with Crippen LogP contribution in [-0.2, 0) is 0 Å². The van der Waals surface area contributed by atoms with Crippen LogP contribution in [0.3, 0.4) is 0 Å². The summed E-state index contributed by atoms with van der Waals surface area (Å²) in [4.78, 5) is 13.7. The zero-order valence-corrected chi connectivity index (χ0v) is 16.5. The number of anilines is 3. The Morgan fingerprint density at radius 3 is 2.50 bits per heavy atom. The quantitative estimate of drug-likeness (QED) is 0.854. The van der Waals surface area contributed by atoms with E-state index >= 15 is 0 Å². The summed E-state index contributed by atoms with van der Waals surface area (Å²) < 4.78 is 0. The second-order valence-electron chi connectivity index (χ2n) is 7.56. The highest BCUT2D eigenvalue weighted by Gasteiger charge is 2.20. The van der Waals surface area contributed by atoms with E-state index in [1.807, 2.05) is 0 Å². The summed E-state index contributed by atoms with van der Waals surface area (Å²) >= 11 is 0. The number of hydrogen-bond donors (Lipinski definition) is 1. The third-order valence-electron chi connectivity index (χ3n) is 5.20. The second kappa shape index (κ2) is 8.39. The summed E-state index contributed by atoms with van der Waals surface area (Å²) in [6.45, 7) is 13.8. The molecule has 3 rings (SSSR count). The fourth-order valence-electron chi connectivity index (χ4n) is 3.36. The van der Waals surface area contributed by atoms with Crippen molar-refractivity contribution in [2.75, 3.05) is 47.8 Å². The van der Waals surface area contributed by atoms with E-state index in [1.165, 1.54) is 16.8 Å². The van der Waals surface area contributed by atoms with Crippen LogP contribution in [-0.4, -0.2) is 42.7 Å². The van der Waals surface area contributed by atoms with Crippen LogP contribution in [0.4, 0.5) is 17.3 Å². The van der Waals surface area contributed by atoms with Gasteiger partial charge >= 0.3 is 0 Å². The van der Waals surface area contributed by atoms with Gasteiger partial charge in [0, 0.05) is 44.5 Å². The van der Waals surface area contributed by atoms with E-state index in [2.05, 4.69) is 77.0 Å². The molecule has 1 aliphatic rings.